The fourth-order valence-electron chi connectivity index (χ4n) is 1.69. The second-order valence-electron chi connectivity index (χ2n) is 4.05. The van der Waals surface area contributed by atoms with Crippen LogP contribution in [-0.2, 0) is 6.54 Å². The molecule has 2 rings (SSSR count). The second-order valence-corrected chi connectivity index (χ2v) is 4.97. The molecule has 2 aromatic rings. The predicted octanol–water partition coefficient (Wildman–Crippen LogP) is 3.55. The van der Waals surface area contributed by atoms with Gasteiger partial charge in [-0.15, -0.1) is 0 Å². The molecule has 0 unspecified atom stereocenters. The zero-order chi connectivity index (χ0) is 13.8. The van der Waals surface area contributed by atoms with E-state index in [-0.39, 0.29) is 5.69 Å². The summed E-state index contributed by atoms with van der Waals surface area (Å²) in [4.78, 5) is 10.3. The molecular formula is C13H12BrN3O2. The third kappa shape index (κ3) is 3.69. The molecule has 0 amide bonds. The van der Waals surface area contributed by atoms with Gasteiger partial charge in [-0.05, 0) is 23.8 Å². The quantitative estimate of drug-likeness (QED) is 0.512. The fraction of sp³-hybridized carbons (Fsp3) is 0.0769. The molecule has 0 radical (unpaired) electrons. The van der Waals surface area contributed by atoms with Gasteiger partial charge in [0.15, 0.2) is 0 Å². The van der Waals surface area contributed by atoms with Crippen molar-refractivity contribution in [3.05, 3.63) is 62.6 Å². The highest BCUT2D eigenvalue weighted by Gasteiger charge is 2.08. The van der Waals surface area contributed by atoms with Crippen LogP contribution in [-0.4, -0.2) is 4.92 Å². The molecule has 5 nitrogen and oxygen atoms in total. The van der Waals surface area contributed by atoms with E-state index in [4.69, 9.17) is 5.73 Å². The summed E-state index contributed by atoms with van der Waals surface area (Å²) in [5, 5.41) is 13.9. The van der Waals surface area contributed by atoms with E-state index in [1.165, 1.54) is 12.1 Å². The number of halogens is 1. The molecule has 19 heavy (non-hydrogen) atoms. The first-order valence-electron chi connectivity index (χ1n) is 5.58. The molecule has 0 spiro atoms. The van der Waals surface area contributed by atoms with Gasteiger partial charge in [-0.3, -0.25) is 10.1 Å². The van der Waals surface area contributed by atoms with Crippen LogP contribution in [0.1, 0.15) is 5.56 Å². The number of hydrogen-bond acceptors (Lipinski definition) is 4. The van der Waals surface area contributed by atoms with Crippen molar-refractivity contribution in [3.8, 4) is 0 Å². The number of hydrogen-bond donors (Lipinski definition) is 2. The van der Waals surface area contributed by atoms with Crippen LogP contribution in [0.3, 0.4) is 0 Å². The highest BCUT2D eigenvalue weighted by Crippen LogP contribution is 2.23. The Kier molecular flexibility index (Phi) is 4.01. The van der Waals surface area contributed by atoms with Crippen LogP contribution >= 0.6 is 15.9 Å². The van der Waals surface area contributed by atoms with Crippen LogP contribution in [0, 0.1) is 10.1 Å². The van der Waals surface area contributed by atoms with Crippen molar-refractivity contribution < 1.29 is 4.92 Å². The Bertz CT molecular complexity index is 617. The van der Waals surface area contributed by atoms with Gasteiger partial charge in [0, 0.05) is 34.5 Å². The summed E-state index contributed by atoms with van der Waals surface area (Å²) < 4.78 is 0.991. The fourth-order valence-corrected chi connectivity index (χ4v) is 2.14. The zero-order valence-electron chi connectivity index (χ0n) is 9.97. The van der Waals surface area contributed by atoms with Gasteiger partial charge in [0.25, 0.3) is 5.69 Å². The molecule has 0 atom stereocenters. The topological polar surface area (TPSA) is 81.2 Å². The summed E-state index contributed by atoms with van der Waals surface area (Å²) in [6, 6.07) is 12.3. The first-order chi connectivity index (χ1) is 9.04. The van der Waals surface area contributed by atoms with Gasteiger partial charge in [0.05, 0.1) is 4.92 Å². The van der Waals surface area contributed by atoms with Crippen LogP contribution in [0.15, 0.2) is 46.9 Å². The number of non-ortho nitro benzene ring substituents is 1. The summed E-state index contributed by atoms with van der Waals surface area (Å²) in [5.74, 6) is 0. The van der Waals surface area contributed by atoms with Crippen LogP contribution in [0.25, 0.3) is 0 Å². The molecule has 0 fully saturated rings. The molecule has 98 valence electrons. The summed E-state index contributed by atoms with van der Waals surface area (Å²) in [6.45, 7) is 0.569. The Hall–Kier alpha value is -2.08. The molecule has 0 aromatic heterocycles. The van der Waals surface area contributed by atoms with Crippen molar-refractivity contribution in [1.29, 1.82) is 0 Å². The van der Waals surface area contributed by atoms with Crippen LogP contribution < -0.4 is 11.1 Å². The molecule has 0 saturated heterocycles. The van der Waals surface area contributed by atoms with Crippen LogP contribution in [0.4, 0.5) is 17.1 Å². The third-order valence-electron chi connectivity index (χ3n) is 2.54. The molecule has 0 heterocycles. The van der Waals surface area contributed by atoms with E-state index in [0.29, 0.717) is 17.9 Å². The predicted molar refractivity (Wildman–Crippen MR) is 79.0 cm³/mol. The largest absolute Gasteiger partial charge is 0.398 e. The minimum atomic E-state index is -0.458. The Morgan fingerprint density at radius 1 is 1.26 bits per heavy atom. The highest BCUT2D eigenvalue weighted by molar-refractivity contribution is 9.10. The number of nitrogen functional groups attached to an aromatic ring is 1. The van der Waals surface area contributed by atoms with Gasteiger partial charge >= 0.3 is 0 Å². The molecule has 0 aliphatic heterocycles. The molecule has 0 aliphatic carbocycles. The maximum atomic E-state index is 10.7. The van der Waals surface area contributed by atoms with Crippen molar-refractivity contribution in [2.24, 2.45) is 0 Å². The summed E-state index contributed by atoms with van der Waals surface area (Å²) >= 11 is 3.39. The van der Waals surface area contributed by atoms with Crippen molar-refractivity contribution in [3.63, 3.8) is 0 Å². The normalized spacial score (nSPS) is 10.2. The Labute approximate surface area is 118 Å². The molecule has 3 N–H and O–H groups in total. The Balaban J connectivity index is 2.13. The first-order valence-corrected chi connectivity index (χ1v) is 6.37. The molecule has 0 saturated carbocycles. The van der Waals surface area contributed by atoms with Gasteiger partial charge in [-0.2, -0.15) is 0 Å². The standard InChI is InChI=1S/C13H12BrN3O2/c14-10-3-1-2-9(4-10)8-16-12-5-11(15)6-13(7-12)17(18)19/h1-7,16H,8,15H2. The third-order valence-corrected chi connectivity index (χ3v) is 3.03. The number of nitrogens with one attached hydrogen (secondary N) is 1. The number of nitrogens with zero attached hydrogens (tertiary/aromatic N) is 1. The van der Waals surface area contributed by atoms with Gasteiger partial charge in [0.1, 0.15) is 0 Å². The van der Waals surface area contributed by atoms with E-state index in [2.05, 4.69) is 21.2 Å². The summed E-state index contributed by atoms with van der Waals surface area (Å²) in [7, 11) is 0. The zero-order valence-corrected chi connectivity index (χ0v) is 11.6. The van der Waals surface area contributed by atoms with Crippen molar-refractivity contribution >= 4 is 33.0 Å². The Morgan fingerprint density at radius 2 is 2.05 bits per heavy atom. The lowest BCUT2D eigenvalue weighted by atomic mass is 10.2. The Morgan fingerprint density at radius 3 is 2.74 bits per heavy atom. The minimum Gasteiger partial charge on any atom is -0.398 e. The van der Waals surface area contributed by atoms with E-state index < -0.39 is 4.92 Å². The number of nitro groups is 1. The number of nitro benzene ring substituents is 1. The van der Waals surface area contributed by atoms with Crippen molar-refractivity contribution in [2.45, 2.75) is 6.54 Å². The lowest BCUT2D eigenvalue weighted by Gasteiger charge is -2.07. The maximum Gasteiger partial charge on any atom is 0.273 e. The van der Waals surface area contributed by atoms with Crippen LogP contribution in [0.2, 0.25) is 0 Å². The minimum absolute atomic E-state index is 0.0169. The van der Waals surface area contributed by atoms with Gasteiger partial charge in [-0.25, -0.2) is 0 Å². The number of anilines is 2. The lowest BCUT2D eigenvalue weighted by Crippen LogP contribution is -2.01. The number of benzene rings is 2. The van der Waals surface area contributed by atoms with E-state index >= 15 is 0 Å². The molecule has 2 aromatic carbocycles. The molecular weight excluding hydrogens is 310 g/mol. The average Bonchev–Trinajstić information content (AvgIpc) is 2.36. The first kappa shape index (κ1) is 13.4. The number of rotatable bonds is 4. The van der Waals surface area contributed by atoms with Crippen molar-refractivity contribution in [2.75, 3.05) is 11.1 Å². The highest BCUT2D eigenvalue weighted by atomic mass is 79.9. The number of nitrogens with two attached hydrogens (primary N) is 1. The van der Waals surface area contributed by atoms with Gasteiger partial charge in [-0.1, -0.05) is 28.1 Å². The van der Waals surface area contributed by atoms with Crippen molar-refractivity contribution in [1.82, 2.24) is 0 Å². The molecule has 6 heteroatoms. The lowest BCUT2D eigenvalue weighted by molar-refractivity contribution is -0.384. The monoisotopic (exact) mass is 321 g/mol. The summed E-state index contributed by atoms with van der Waals surface area (Å²) in [5.41, 5.74) is 7.69. The SMILES string of the molecule is Nc1cc(NCc2cccc(Br)c2)cc([N+](=O)[O-])c1. The van der Waals surface area contributed by atoms with E-state index in [1.807, 2.05) is 24.3 Å². The van der Waals surface area contributed by atoms with E-state index in [1.54, 1.807) is 6.07 Å². The van der Waals surface area contributed by atoms with E-state index in [0.717, 1.165) is 10.0 Å². The van der Waals surface area contributed by atoms with Gasteiger partial charge < -0.3 is 11.1 Å². The van der Waals surface area contributed by atoms with Gasteiger partial charge in [0.2, 0.25) is 0 Å². The van der Waals surface area contributed by atoms with Crippen LogP contribution in [0.5, 0.6) is 0 Å². The second kappa shape index (κ2) is 5.71. The molecule has 0 aliphatic rings. The average molecular weight is 322 g/mol. The maximum absolute atomic E-state index is 10.7. The van der Waals surface area contributed by atoms with E-state index in [9.17, 15) is 10.1 Å². The molecule has 0 bridgehead atoms. The summed E-state index contributed by atoms with van der Waals surface area (Å²) in [6.07, 6.45) is 0. The smallest absolute Gasteiger partial charge is 0.273 e.